The number of hydrogen-bond acceptors (Lipinski definition) is 5. The van der Waals surface area contributed by atoms with Crippen LogP contribution in [0.2, 0.25) is 5.02 Å². The minimum atomic E-state index is -0.615. The van der Waals surface area contributed by atoms with E-state index in [1.807, 2.05) is 0 Å². The Morgan fingerprint density at radius 3 is 2.94 bits per heavy atom. The average Bonchev–Trinajstić information content (AvgIpc) is 2.62. The van der Waals surface area contributed by atoms with Crippen LogP contribution < -0.4 is 5.76 Å². The Bertz CT molecular complexity index is 657. The first-order valence-corrected chi connectivity index (χ1v) is 5.49. The van der Waals surface area contributed by atoms with Crippen molar-refractivity contribution < 1.29 is 19.1 Å². The van der Waals surface area contributed by atoms with E-state index in [1.54, 1.807) is 0 Å². The van der Waals surface area contributed by atoms with Crippen LogP contribution in [-0.2, 0) is 16.1 Å². The first-order chi connectivity index (χ1) is 8.52. The molecule has 0 radical (unpaired) electrons. The lowest BCUT2D eigenvalue weighted by Gasteiger charge is -2.02. The first-order valence-electron chi connectivity index (χ1n) is 5.11. The molecule has 0 saturated carbocycles. The van der Waals surface area contributed by atoms with Crippen LogP contribution in [0.4, 0.5) is 0 Å². The number of esters is 1. The zero-order valence-corrected chi connectivity index (χ0v) is 10.2. The van der Waals surface area contributed by atoms with Gasteiger partial charge in [-0.05, 0) is 6.07 Å². The number of aromatic hydroxyl groups is 1. The quantitative estimate of drug-likeness (QED) is 0.856. The number of phenols is 1. The van der Waals surface area contributed by atoms with Gasteiger partial charge < -0.3 is 14.3 Å². The van der Waals surface area contributed by atoms with Crippen LogP contribution in [0.25, 0.3) is 11.1 Å². The van der Waals surface area contributed by atoms with Gasteiger partial charge in [0.15, 0.2) is 5.58 Å². The van der Waals surface area contributed by atoms with Crippen molar-refractivity contribution >= 4 is 28.7 Å². The van der Waals surface area contributed by atoms with Crippen molar-refractivity contribution in [1.29, 1.82) is 0 Å². The van der Waals surface area contributed by atoms with Crippen LogP contribution >= 0.6 is 11.6 Å². The number of aryl methyl sites for hydroxylation is 1. The maximum Gasteiger partial charge on any atom is 0.419 e. The number of carbonyl (C=O) groups excluding carboxylic acids is 1. The Morgan fingerprint density at radius 1 is 1.56 bits per heavy atom. The number of benzene rings is 1. The lowest BCUT2D eigenvalue weighted by Crippen LogP contribution is -2.16. The molecule has 0 amide bonds. The second kappa shape index (κ2) is 4.73. The van der Waals surface area contributed by atoms with Crippen LogP contribution in [0.3, 0.4) is 0 Å². The van der Waals surface area contributed by atoms with Crippen LogP contribution in [-0.4, -0.2) is 22.8 Å². The number of halogens is 1. The summed E-state index contributed by atoms with van der Waals surface area (Å²) in [5, 5.41) is 9.50. The number of oxazole rings is 1. The largest absolute Gasteiger partial charge is 0.506 e. The number of carbonyl (C=O) groups is 1. The maximum absolute atomic E-state index is 11.6. The second-order valence-corrected chi connectivity index (χ2v) is 4.02. The van der Waals surface area contributed by atoms with E-state index in [4.69, 9.17) is 16.0 Å². The molecule has 0 saturated heterocycles. The summed E-state index contributed by atoms with van der Waals surface area (Å²) in [7, 11) is 1.27. The number of aromatic nitrogens is 1. The Morgan fingerprint density at radius 2 is 2.28 bits per heavy atom. The zero-order chi connectivity index (χ0) is 13.3. The number of nitrogens with zero attached hydrogens (tertiary/aromatic N) is 1. The number of phenolic OH excluding ortho intramolecular Hbond substituents is 1. The van der Waals surface area contributed by atoms with Gasteiger partial charge in [0, 0.05) is 12.6 Å². The van der Waals surface area contributed by atoms with E-state index in [0.29, 0.717) is 5.52 Å². The highest BCUT2D eigenvalue weighted by Crippen LogP contribution is 2.28. The van der Waals surface area contributed by atoms with Crippen LogP contribution in [0.5, 0.6) is 5.75 Å². The molecule has 1 heterocycles. The van der Waals surface area contributed by atoms with Gasteiger partial charge in [-0.25, -0.2) is 4.79 Å². The molecule has 18 heavy (non-hydrogen) atoms. The average molecular weight is 272 g/mol. The topological polar surface area (TPSA) is 81.7 Å². The molecule has 0 aliphatic carbocycles. The molecule has 0 unspecified atom stereocenters. The predicted molar refractivity (Wildman–Crippen MR) is 63.8 cm³/mol. The molecule has 96 valence electrons. The third-order valence-electron chi connectivity index (χ3n) is 2.50. The summed E-state index contributed by atoms with van der Waals surface area (Å²) in [5.41, 5.74) is 0.637. The van der Waals surface area contributed by atoms with E-state index in [2.05, 4.69) is 4.74 Å². The van der Waals surface area contributed by atoms with E-state index in [-0.39, 0.29) is 29.3 Å². The number of rotatable bonds is 3. The minimum Gasteiger partial charge on any atom is -0.506 e. The van der Waals surface area contributed by atoms with Gasteiger partial charge in [-0.2, -0.15) is 0 Å². The molecule has 0 spiro atoms. The summed E-state index contributed by atoms with van der Waals surface area (Å²) in [4.78, 5) is 22.6. The third-order valence-corrected chi connectivity index (χ3v) is 2.81. The monoisotopic (exact) mass is 271 g/mol. The molecular formula is C11H10ClNO5. The van der Waals surface area contributed by atoms with Crippen LogP contribution in [0.15, 0.2) is 21.3 Å². The van der Waals surface area contributed by atoms with E-state index >= 15 is 0 Å². The van der Waals surface area contributed by atoms with Gasteiger partial charge in [0.05, 0.1) is 24.1 Å². The number of methoxy groups -OCH3 is 1. The van der Waals surface area contributed by atoms with Crippen molar-refractivity contribution in [2.75, 3.05) is 7.11 Å². The molecule has 0 fully saturated rings. The SMILES string of the molecule is COC(=O)CCn1c(=O)oc2cc(O)c(Cl)cc21. The summed E-state index contributed by atoms with van der Waals surface area (Å²) < 4.78 is 10.7. The smallest absolute Gasteiger partial charge is 0.419 e. The number of ether oxygens (including phenoxy) is 1. The number of hydrogen-bond donors (Lipinski definition) is 1. The van der Waals surface area contributed by atoms with Crippen molar-refractivity contribution in [3.8, 4) is 5.75 Å². The zero-order valence-electron chi connectivity index (χ0n) is 9.47. The third kappa shape index (κ3) is 2.19. The fourth-order valence-electron chi connectivity index (χ4n) is 1.59. The normalized spacial score (nSPS) is 10.8. The number of fused-ring (bicyclic) bond motifs is 1. The fourth-order valence-corrected chi connectivity index (χ4v) is 1.75. The molecule has 2 rings (SSSR count). The fraction of sp³-hybridized carbons (Fsp3) is 0.273. The van der Waals surface area contributed by atoms with Crippen LogP contribution in [0.1, 0.15) is 6.42 Å². The summed E-state index contributed by atoms with van der Waals surface area (Å²) in [6.45, 7) is 0.125. The van der Waals surface area contributed by atoms with Gasteiger partial charge in [-0.15, -0.1) is 0 Å². The van der Waals surface area contributed by atoms with Gasteiger partial charge in [0.1, 0.15) is 5.75 Å². The molecule has 1 N–H and O–H groups in total. The minimum absolute atomic E-state index is 0.0452. The van der Waals surface area contributed by atoms with Gasteiger partial charge in [-0.3, -0.25) is 9.36 Å². The molecule has 1 aromatic heterocycles. The van der Waals surface area contributed by atoms with Crippen molar-refractivity contribution in [3.05, 3.63) is 27.7 Å². The van der Waals surface area contributed by atoms with Crippen molar-refractivity contribution in [3.63, 3.8) is 0 Å². The van der Waals surface area contributed by atoms with Crippen LogP contribution in [0, 0.1) is 0 Å². The molecule has 1 aromatic carbocycles. The molecule has 0 aliphatic rings. The Labute approximate surface area is 106 Å². The summed E-state index contributed by atoms with van der Waals surface area (Å²) in [6.07, 6.45) is 0.0452. The molecule has 0 aliphatic heterocycles. The summed E-state index contributed by atoms with van der Waals surface area (Å²) >= 11 is 5.76. The standard InChI is InChI=1S/C11H10ClNO5/c1-17-10(15)2-3-13-7-4-6(12)8(14)5-9(7)18-11(13)16/h4-5,14H,2-3H2,1H3. The Hall–Kier alpha value is -1.95. The van der Waals surface area contributed by atoms with Gasteiger partial charge in [0.25, 0.3) is 0 Å². The Balaban J connectivity index is 2.44. The molecule has 0 bridgehead atoms. The lowest BCUT2D eigenvalue weighted by molar-refractivity contribution is -0.140. The maximum atomic E-state index is 11.6. The van der Waals surface area contributed by atoms with E-state index in [0.717, 1.165) is 0 Å². The van der Waals surface area contributed by atoms with Gasteiger partial charge >= 0.3 is 11.7 Å². The lowest BCUT2D eigenvalue weighted by atomic mass is 10.3. The van der Waals surface area contributed by atoms with Crippen molar-refractivity contribution in [2.45, 2.75) is 13.0 Å². The Kier molecular flexibility index (Phi) is 3.29. The molecule has 0 atom stereocenters. The summed E-state index contributed by atoms with van der Waals surface area (Å²) in [5.74, 6) is -1.21. The van der Waals surface area contributed by atoms with E-state index in [1.165, 1.54) is 23.8 Å². The molecule has 7 heteroatoms. The summed E-state index contributed by atoms with van der Waals surface area (Å²) in [6, 6.07) is 2.67. The molecular weight excluding hydrogens is 262 g/mol. The van der Waals surface area contributed by atoms with Gasteiger partial charge in [-0.1, -0.05) is 11.6 Å². The second-order valence-electron chi connectivity index (χ2n) is 3.62. The predicted octanol–water partition coefficient (Wildman–Crippen LogP) is 1.52. The first kappa shape index (κ1) is 12.5. The highest BCUT2D eigenvalue weighted by molar-refractivity contribution is 6.32. The van der Waals surface area contributed by atoms with Gasteiger partial charge in [0.2, 0.25) is 0 Å². The highest BCUT2D eigenvalue weighted by Gasteiger charge is 2.13. The highest BCUT2D eigenvalue weighted by atomic mass is 35.5. The molecule has 2 aromatic rings. The van der Waals surface area contributed by atoms with Crippen molar-refractivity contribution in [2.24, 2.45) is 0 Å². The molecule has 6 nitrogen and oxygen atoms in total. The van der Waals surface area contributed by atoms with E-state index in [9.17, 15) is 14.7 Å². The van der Waals surface area contributed by atoms with E-state index < -0.39 is 11.7 Å². The van der Waals surface area contributed by atoms with Crippen molar-refractivity contribution in [1.82, 2.24) is 4.57 Å².